The highest BCUT2D eigenvalue weighted by Crippen LogP contribution is 2.37. The minimum Gasteiger partial charge on any atom is -0.411 e. The number of rotatable bonds is 5. The highest BCUT2D eigenvalue weighted by atomic mass is 28.4. The lowest BCUT2D eigenvalue weighted by Crippen LogP contribution is -2.40. The molecule has 1 aromatic heterocycles. The van der Waals surface area contributed by atoms with E-state index in [1.807, 2.05) is 30.5 Å². The molecule has 0 radical (unpaired) electrons. The van der Waals surface area contributed by atoms with E-state index in [2.05, 4.69) is 49.5 Å². The zero-order valence-electron chi connectivity index (χ0n) is 14.6. The molecule has 0 amide bonds. The molecule has 0 saturated heterocycles. The summed E-state index contributed by atoms with van der Waals surface area (Å²) in [6.07, 6.45) is 3.65. The van der Waals surface area contributed by atoms with Gasteiger partial charge in [-0.2, -0.15) is 5.26 Å². The fraction of sp³-hybridized carbons (Fsp3) is 0.444. The van der Waals surface area contributed by atoms with Crippen molar-refractivity contribution in [3.63, 3.8) is 0 Å². The van der Waals surface area contributed by atoms with Gasteiger partial charge in [-0.1, -0.05) is 39.0 Å². The summed E-state index contributed by atoms with van der Waals surface area (Å²) in [5, 5.41) is 9.41. The fourth-order valence-corrected chi connectivity index (χ4v) is 2.97. The number of hydrogen-bond acceptors (Lipinski definition) is 3. The summed E-state index contributed by atoms with van der Waals surface area (Å²) in [7, 11) is -1.79. The van der Waals surface area contributed by atoms with Crippen LogP contribution in [-0.4, -0.2) is 17.9 Å². The minimum absolute atomic E-state index is 0.186. The van der Waals surface area contributed by atoms with Gasteiger partial charge < -0.3 is 8.99 Å². The fourth-order valence-electron chi connectivity index (χ4n) is 2.03. The van der Waals surface area contributed by atoms with Crippen molar-refractivity contribution in [1.82, 2.24) is 9.55 Å². The maximum Gasteiger partial charge on any atom is 0.192 e. The van der Waals surface area contributed by atoms with Gasteiger partial charge in [-0.05, 0) is 29.8 Å². The van der Waals surface area contributed by atoms with Crippen molar-refractivity contribution >= 4 is 8.32 Å². The summed E-state index contributed by atoms with van der Waals surface area (Å²) in [4.78, 5) is 4.25. The van der Waals surface area contributed by atoms with Crippen LogP contribution in [0.4, 0.5) is 0 Å². The van der Waals surface area contributed by atoms with Crippen LogP contribution >= 0.6 is 0 Å². The van der Waals surface area contributed by atoms with Crippen LogP contribution in [0.3, 0.4) is 0 Å². The Kier molecular flexibility index (Phi) is 5.08. The topological polar surface area (TPSA) is 50.8 Å². The molecule has 0 aliphatic rings. The van der Waals surface area contributed by atoms with Gasteiger partial charge in [0.05, 0.1) is 43.0 Å². The molecular weight excluding hydrogens is 302 g/mol. The average Bonchev–Trinajstić information content (AvgIpc) is 2.92. The normalized spacial score (nSPS) is 12.2. The van der Waals surface area contributed by atoms with Crippen LogP contribution in [0, 0.1) is 11.3 Å². The highest BCUT2D eigenvalue weighted by molar-refractivity contribution is 6.74. The number of benzene rings is 1. The first kappa shape index (κ1) is 17.5. The maximum absolute atomic E-state index is 9.22. The van der Waals surface area contributed by atoms with Crippen LogP contribution in [0.15, 0.2) is 36.8 Å². The lowest BCUT2D eigenvalue weighted by molar-refractivity contribution is 0.267. The van der Waals surface area contributed by atoms with Gasteiger partial charge in [0.2, 0.25) is 0 Å². The summed E-state index contributed by atoms with van der Waals surface area (Å²) in [6, 6.07) is 9.92. The monoisotopic (exact) mass is 327 g/mol. The predicted molar refractivity (Wildman–Crippen MR) is 94.5 cm³/mol. The average molecular weight is 328 g/mol. The molecule has 122 valence electrons. The van der Waals surface area contributed by atoms with Crippen LogP contribution < -0.4 is 0 Å². The van der Waals surface area contributed by atoms with E-state index in [1.54, 1.807) is 6.33 Å². The summed E-state index contributed by atoms with van der Waals surface area (Å²) in [5.74, 6) is 0. The maximum atomic E-state index is 9.22. The zero-order chi connectivity index (χ0) is 17.1. The van der Waals surface area contributed by atoms with Crippen LogP contribution in [0.2, 0.25) is 18.1 Å². The molecule has 0 saturated carbocycles. The molecule has 0 N–H and O–H groups in total. The molecule has 0 bridgehead atoms. The third kappa shape index (κ3) is 4.09. The number of hydrogen-bond donors (Lipinski definition) is 0. The van der Waals surface area contributed by atoms with Crippen LogP contribution in [0.25, 0.3) is 0 Å². The van der Waals surface area contributed by atoms with Gasteiger partial charge in [0.25, 0.3) is 0 Å². The van der Waals surface area contributed by atoms with E-state index in [-0.39, 0.29) is 5.04 Å². The molecule has 1 aromatic carbocycles. The Balaban J connectivity index is 2.13. The Hall–Kier alpha value is -1.90. The molecule has 2 aromatic rings. The Morgan fingerprint density at radius 2 is 1.96 bits per heavy atom. The Morgan fingerprint density at radius 1 is 1.26 bits per heavy atom. The highest BCUT2D eigenvalue weighted by Gasteiger charge is 2.37. The Morgan fingerprint density at radius 3 is 2.61 bits per heavy atom. The molecular formula is C18H25N3OSi. The van der Waals surface area contributed by atoms with Gasteiger partial charge >= 0.3 is 0 Å². The molecule has 1 heterocycles. The van der Waals surface area contributed by atoms with Crippen molar-refractivity contribution in [2.75, 3.05) is 0 Å². The van der Waals surface area contributed by atoms with E-state index in [0.29, 0.717) is 18.7 Å². The molecule has 0 fully saturated rings. The molecule has 0 spiro atoms. The summed E-state index contributed by atoms with van der Waals surface area (Å²) in [6.45, 7) is 12.4. The molecule has 23 heavy (non-hydrogen) atoms. The van der Waals surface area contributed by atoms with Crippen molar-refractivity contribution in [2.45, 2.75) is 52.1 Å². The summed E-state index contributed by atoms with van der Waals surface area (Å²) < 4.78 is 8.35. The van der Waals surface area contributed by atoms with Crippen molar-refractivity contribution in [2.24, 2.45) is 0 Å². The van der Waals surface area contributed by atoms with Crippen LogP contribution in [0.5, 0.6) is 0 Å². The SMILES string of the molecule is CC(C)(C)[Si](C)(C)OCc1cncn1Cc1ccccc1C#N. The van der Waals surface area contributed by atoms with Crippen molar-refractivity contribution in [3.8, 4) is 6.07 Å². The second kappa shape index (κ2) is 6.69. The molecule has 5 heteroatoms. The van der Waals surface area contributed by atoms with Crippen molar-refractivity contribution in [3.05, 3.63) is 53.6 Å². The summed E-state index contributed by atoms with van der Waals surface area (Å²) in [5.41, 5.74) is 2.75. The molecule has 0 aliphatic carbocycles. The number of imidazole rings is 1. The van der Waals surface area contributed by atoms with Crippen molar-refractivity contribution < 1.29 is 4.43 Å². The minimum atomic E-state index is -1.79. The van der Waals surface area contributed by atoms with E-state index in [0.717, 1.165) is 11.3 Å². The second-order valence-corrected chi connectivity index (χ2v) is 12.1. The van der Waals surface area contributed by atoms with Crippen LogP contribution in [0.1, 0.15) is 37.6 Å². The predicted octanol–water partition coefficient (Wildman–Crippen LogP) is 4.32. The van der Waals surface area contributed by atoms with E-state index >= 15 is 0 Å². The van der Waals surface area contributed by atoms with Gasteiger partial charge in [0, 0.05) is 0 Å². The number of nitriles is 1. The quantitative estimate of drug-likeness (QED) is 0.768. The van der Waals surface area contributed by atoms with E-state index < -0.39 is 8.32 Å². The number of nitrogens with zero attached hydrogens (tertiary/aromatic N) is 3. The standard InChI is InChI=1S/C18H25N3OSi/c1-18(2,3)23(4,5)22-13-17-11-20-14-21(17)12-16-9-7-6-8-15(16)10-19/h6-9,11,14H,12-13H2,1-5H3. The molecule has 0 aliphatic heterocycles. The van der Waals surface area contributed by atoms with Crippen molar-refractivity contribution in [1.29, 1.82) is 5.26 Å². The first-order valence-electron chi connectivity index (χ1n) is 7.85. The molecule has 0 unspecified atom stereocenters. The van der Waals surface area contributed by atoms with Gasteiger partial charge in [-0.15, -0.1) is 0 Å². The third-order valence-corrected chi connectivity index (χ3v) is 9.14. The van der Waals surface area contributed by atoms with Gasteiger partial charge in [0.1, 0.15) is 0 Å². The van der Waals surface area contributed by atoms with E-state index in [1.165, 1.54) is 0 Å². The first-order chi connectivity index (χ1) is 10.7. The smallest absolute Gasteiger partial charge is 0.192 e. The van der Waals surface area contributed by atoms with E-state index in [9.17, 15) is 5.26 Å². The van der Waals surface area contributed by atoms with Crippen LogP contribution in [-0.2, 0) is 17.6 Å². The Labute approximate surface area is 139 Å². The first-order valence-corrected chi connectivity index (χ1v) is 10.8. The molecule has 4 nitrogen and oxygen atoms in total. The lowest BCUT2D eigenvalue weighted by Gasteiger charge is -2.36. The van der Waals surface area contributed by atoms with Gasteiger partial charge in [-0.3, -0.25) is 0 Å². The molecule has 0 atom stereocenters. The lowest BCUT2D eigenvalue weighted by atomic mass is 10.1. The third-order valence-electron chi connectivity index (χ3n) is 4.66. The second-order valence-electron chi connectivity index (χ2n) is 7.33. The number of aromatic nitrogens is 2. The summed E-state index contributed by atoms with van der Waals surface area (Å²) >= 11 is 0. The van der Waals surface area contributed by atoms with Gasteiger partial charge in [-0.25, -0.2) is 4.98 Å². The zero-order valence-corrected chi connectivity index (χ0v) is 15.6. The van der Waals surface area contributed by atoms with Gasteiger partial charge in [0.15, 0.2) is 8.32 Å². The van der Waals surface area contributed by atoms with E-state index in [4.69, 9.17) is 4.43 Å². The molecule has 2 rings (SSSR count). The Bertz CT molecular complexity index is 708. The largest absolute Gasteiger partial charge is 0.411 e.